The van der Waals surface area contributed by atoms with Gasteiger partial charge in [0.2, 0.25) is 5.95 Å². The van der Waals surface area contributed by atoms with Gasteiger partial charge >= 0.3 is 0 Å². The third-order valence-electron chi connectivity index (χ3n) is 7.11. The molecule has 5 heterocycles. The summed E-state index contributed by atoms with van der Waals surface area (Å²) in [6.07, 6.45) is 1.58. The number of amides is 1. The molecule has 2 aliphatic rings. The van der Waals surface area contributed by atoms with Gasteiger partial charge in [0.25, 0.3) is 5.91 Å². The van der Waals surface area contributed by atoms with Gasteiger partial charge in [-0.15, -0.1) is 0 Å². The van der Waals surface area contributed by atoms with E-state index in [1.54, 1.807) is 11.0 Å². The summed E-state index contributed by atoms with van der Waals surface area (Å²) in [6.45, 7) is 8.64. The number of carbonyl (C=O) groups excluding carboxylic acids is 1. The van der Waals surface area contributed by atoms with Gasteiger partial charge in [0, 0.05) is 55.6 Å². The fourth-order valence-corrected chi connectivity index (χ4v) is 5.04. The van der Waals surface area contributed by atoms with Crippen LogP contribution in [0.2, 0.25) is 0 Å². The first kappa shape index (κ1) is 23.0. The molecule has 2 aliphatic heterocycles. The number of anilines is 3. The Morgan fingerprint density at radius 1 is 1.19 bits per heavy atom. The second-order valence-electron chi connectivity index (χ2n) is 9.51. The van der Waals surface area contributed by atoms with Gasteiger partial charge in [0.15, 0.2) is 0 Å². The molecule has 1 aromatic carbocycles. The molecule has 2 atom stereocenters. The van der Waals surface area contributed by atoms with Crippen molar-refractivity contribution in [3.05, 3.63) is 41.9 Å². The van der Waals surface area contributed by atoms with Crippen LogP contribution in [0.25, 0.3) is 22.3 Å². The van der Waals surface area contributed by atoms with Gasteiger partial charge in [-0.05, 0) is 49.4 Å². The molecule has 3 aromatic heterocycles. The second-order valence-corrected chi connectivity index (χ2v) is 9.51. The Morgan fingerprint density at radius 3 is 2.89 bits per heavy atom. The third kappa shape index (κ3) is 3.96. The fourth-order valence-electron chi connectivity index (χ4n) is 5.04. The molecule has 0 bridgehead atoms. The summed E-state index contributed by atoms with van der Waals surface area (Å²) < 4.78 is 1.64. The van der Waals surface area contributed by atoms with E-state index in [4.69, 9.17) is 0 Å². The number of tetrazole rings is 1. The van der Waals surface area contributed by atoms with Crippen LogP contribution < -0.4 is 20.4 Å². The molecule has 190 valence electrons. The quantitative estimate of drug-likeness (QED) is 0.379. The highest BCUT2D eigenvalue weighted by molar-refractivity contribution is 6.07. The van der Waals surface area contributed by atoms with Crippen LogP contribution in [0.3, 0.4) is 0 Å². The van der Waals surface area contributed by atoms with Crippen molar-refractivity contribution >= 4 is 34.3 Å². The zero-order valence-electron chi connectivity index (χ0n) is 21.1. The van der Waals surface area contributed by atoms with E-state index in [-0.39, 0.29) is 11.9 Å². The number of benzene rings is 1. The molecule has 4 aromatic rings. The number of piperazine rings is 1. The summed E-state index contributed by atoms with van der Waals surface area (Å²) in [7, 11) is 1.84. The van der Waals surface area contributed by atoms with Crippen molar-refractivity contribution in [2.75, 3.05) is 41.8 Å². The summed E-state index contributed by atoms with van der Waals surface area (Å²) in [6, 6.07) is 7.72. The Hall–Kier alpha value is -4.39. The second kappa shape index (κ2) is 8.92. The van der Waals surface area contributed by atoms with E-state index in [9.17, 15) is 4.79 Å². The minimum Gasteiger partial charge on any atom is -0.354 e. The first-order valence-corrected chi connectivity index (χ1v) is 12.2. The Kier molecular flexibility index (Phi) is 5.56. The molecule has 0 radical (unpaired) electrons. The number of rotatable bonds is 4. The summed E-state index contributed by atoms with van der Waals surface area (Å²) in [5.41, 5.74) is 4.33. The molecule has 37 heavy (non-hydrogen) atoms. The van der Waals surface area contributed by atoms with Crippen molar-refractivity contribution in [1.29, 1.82) is 0 Å². The Labute approximate surface area is 213 Å². The molecule has 1 fully saturated rings. The maximum atomic E-state index is 13.4. The van der Waals surface area contributed by atoms with Gasteiger partial charge in [0.05, 0.1) is 22.8 Å². The minimum absolute atomic E-state index is 0.209. The van der Waals surface area contributed by atoms with Crippen molar-refractivity contribution in [3.8, 4) is 11.4 Å². The Morgan fingerprint density at radius 2 is 2.05 bits per heavy atom. The minimum atomic E-state index is -0.304. The smallest absolute Gasteiger partial charge is 0.255 e. The van der Waals surface area contributed by atoms with Crippen molar-refractivity contribution in [1.82, 2.24) is 45.7 Å². The third-order valence-corrected chi connectivity index (χ3v) is 7.11. The lowest BCUT2D eigenvalue weighted by atomic mass is 10.0. The highest BCUT2D eigenvalue weighted by Gasteiger charge is 2.32. The normalized spacial score (nSPS) is 19.9. The van der Waals surface area contributed by atoms with Gasteiger partial charge in [-0.3, -0.25) is 9.89 Å². The Balaban J connectivity index is 1.29. The molecule has 0 saturated carbocycles. The lowest BCUT2D eigenvalue weighted by molar-refractivity contribution is -0.113. The number of hydrogen-bond donors (Lipinski definition) is 3. The zero-order chi connectivity index (χ0) is 25.7. The fraction of sp³-hybridized carbons (Fsp3) is 0.375. The van der Waals surface area contributed by atoms with Gasteiger partial charge in [-0.25, -0.2) is 14.6 Å². The van der Waals surface area contributed by atoms with Gasteiger partial charge in [-0.1, -0.05) is 5.10 Å². The highest BCUT2D eigenvalue weighted by Crippen LogP contribution is 2.33. The molecule has 0 aliphatic carbocycles. The lowest BCUT2D eigenvalue weighted by Crippen LogP contribution is -2.49. The first-order chi connectivity index (χ1) is 17.9. The summed E-state index contributed by atoms with van der Waals surface area (Å²) >= 11 is 0. The maximum absolute atomic E-state index is 13.4. The first-order valence-electron chi connectivity index (χ1n) is 12.2. The molecule has 6 rings (SSSR count). The van der Waals surface area contributed by atoms with E-state index in [0.29, 0.717) is 28.9 Å². The SMILES string of the molecule is CC1=C(C(=O)Nc2ccc3[nH]nc(-c4cc(N5CCN[C@@H](C)C5)ncn4)c3c2)[C@@H](C)n2nnnc2N1C. The topological polar surface area (TPSA) is 146 Å². The monoisotopic (exact) mass is 500 g/mol. The van der Waals surface area contributed by atoms with E-state index >= 15 is 0 Å². The predicted octanol–water partition coefficient (Wildman–Crippen LogP) is 1.73. The average Bonchev–Trinajstić information content (AvgIpc) is 3.55. The standard InChI is InChI=1S/C24H28N12O/c1-13-11-35(8-7-25-13)20-10-19(26-12-27-20)22-17-9-16(5-6-18(17)29-30-22)28-23(37)21-14(2)34(4)24-31-32-33-36(24)15(21)3/h5-6,9-10,12-13,15,25H,7-8,11H2,1-4H3,(H,28,37)(H,29,30)/t13-,15+/m0/s1. The molecule has 3 N–H and O–H groups in total. The van der Waals surface area contributed by atoms with E-state index in [2.05, 4.69) is 58.1 Å². The van der Waals surface area contributed by atoms with Crippen LogP contribution in [-0.4, -0.2) is 79.0 Å². The van der Waals surface area contributed by atoms with Crippen LogP contribution in [0.4, 0.5) is 17.5 Å². The number of fused-ring (bicyclic) bond motifs is 2. The lowest BCUT2D eigenvalue weighted by Gasteiger charge is -2.32. The van der Waals surface area contributed by atoms with Crippen LogP contribution in [0.15, 0.2) is 41.9 Å². The number of nitrogens with one attached hydrogen (secondary N) is 3. The van der Waals surface area contributed by atoms with Crippen molar-refractivity contribution in [2.24, 2.45) is 0 Å². The molecule has 1 amide bonds. The van der Waals surface area contributed by atoms with Gasteiger partial charge in [-0.2, -0.15) is 5.10 Å². The van der Waals surface area contributed by atoms with Crippen molar-refractivity contribution in [2.45, 2.75) is 32.9 Å². The van der Waals surface area contributed by atoms with E-state index in [0.717, 1.165) is 47.7 Å². The molecular weight excluding hydrogens is 472 g/mol. The zero-order valence-corrected chi connectivity index (χ0v) is 21.1. The number of aromatic nitrogens is 8. The van der Waals surface area contributed by atoms with Crippen LogP contribution in [0.5, 0.6) is 0 Å². The molecule has 0 spiro atoms. The van der Waals surface area contributed by atoms with Gasteiger partial charge < -0.3 is 20.4 Å². The van der Waals surface area contributed by atoms with Crippen molar-refractivity contribution in [3.63, 3.8) is 0 Å². The van der Waals surface area contributed by atoms with Crippen LogP contribution in [-0.2, 0) is 4.79 Å². The average molecular weight is 501 g/mol. The van der Waals surface area contributed by atoms with Crippen LogP contribution in [0, 0.1) is 0 Å². The summed E-state index contributed by atoms with van der Waals surface area (Å²) in [5, 5.41) is 26.8. The van der Waals surface area contributed by atoms with E-state index in [1.807, 2.05) is 50.1 Å². The predicted molar refractivity (Wildman–Crippen MR) is 139 cm³/mol. The maximum Gasteiger partial charge on any atom is 0.255 e. The molecule has 13 heteroatoms. The molecular formula is C24H28N12O. The van der Waals surface area contributed by atoms with Crippen LogP contribution in [0.1, 0.15) is 26.8 Å². The van der Waals surface area contributed by atoms with E-state index < -0.39 is 0 Å². The van der Waals surface area contributed by atoms with Gasteiger partial charge in [0.1, 0.15) is 17.8 Å². The molecule has 1 saturated heterocycles. The number of allylic oxidation sites excluding steroid dienone is 1. The largest absolute Gasteiger partial charge is 0.354 e. The number of nitrogens with zero attached hydrogens (tertiary/aromatic N) is 9. The van der Waals surface area contributed by atoms with E-state index in [1.165, 1.54) is 0 Å². The molecule has 13 nitrogen and oxygen atoms in total. The van der Waals surface area contributed by atoms with Crippen LogP contribution >= 0.6 is 0 Å². The van der Waals surface area contributed by atoms with Crippen molar-refractivity contribution < 1.29 is 4.79 Å². The summed E-state index contributed by atoms with van der Waals surface area (Å²) in [5.74, 6) is 1.27. The number of H-pyrrole nitrogens is 1. The highest BCUT2D eigenvalue weighted by atomic mass is 16.1. The molecule has 0 unspecified atom stereocenters. The number of hydrogen-bond acceptors (Lipinski definition) is 10. The Bertz CT molecular complexity index is 1520. The number of carbonyl (C=O) groups is 1. The number of aromatic amines is 1. The summed E-state index contributed by atoms with van der Waals surface area (Å²) in [4.78, 5) is 26.5.